The third kappa shape index (κ3) is 4.89. The molecule has 6 heteroatoms. The fourth-order valence-electron chi connectivity index (χ4n) is 8.14. The van der Waals surface area contributed by atoms with Crippen molar-refractivity contribution in [3.05, 3.63) is 170 Å². The van der Waals surface area contributed by atoms with Crippen LogP contribution < -0.4 is 4.90 Å². The normalized spacial score (nSPS) is 12.0. The Kier molecular flexibility index (Phi) is 6.84. The molecule has 3 nitrogen and oxygen atoms in total. The van der Waals surface area contributed by atoms with Gasteiger partial charge in [-0.05, 0) is 77.9 Å². The molecule has 0 aliphatic rings. The van der Waals surface area contributed by atoms with Gasteiger partial charge in [-0.3, -0.25) is 0 Å². The first-order chi connectivity index (χ1) is 27.2. The van der Waals surface area contributed by atoms with Crippen molar-refractivity contribution in [2.24, 2.45) is 0 Å². The molecule has 0 amide bonds. The third-order valence-corrected chi connectivity index (χ3v) is 14.2. The van der Waals surface area contributed by atoms with Crippen LogP contribution in [0.5, 0.6) is 0 Å². The molecule has 55 heavy (non-hydrogen) atoms. The predicted molar refractivity (Wildman–Crippen MR) is 238 cm³/mol. The Balaban J connectivity index is 0.997. The van der Waals surface area contributed by atoms with E-state index >= 15 is 0 Å². The van der Waals surface area contributed by atoms with Crippen molar-refractivity contribution in [2.45, 2.75) is 0 Å². The molecule has 258 valence electrons. The summed E-state index contributed by atoms with van der Waals surface area (Å²) >= 11 is 5.51. The number of aromatic nitrogens is 1. The van der Waals surface area contributed by atoms with E-state index in [4.69, 9.17) is 9.40 Å². The number of thiophene rings is 2. The lowest BCUT2D eigenvalue weighted by Gasteiger charge is -2.26. The van der Waals surface area contributed by atoms with Crippen molar-refractivity contribution < 1.29 is 4.42 Å². The monoisotopic (exact) mass is 756 g/mol. The molecule has 0 bridgehead atoms. The second-order valence-corrected chi connectivity index (χ2v) is 17.0. The first kappa shape index (κ1) is 31.1. The van der Waals surface area contributed by atoms with E-state index in [1.54, 1.807) is 11.3 Å². The van der Waals surface area contributed by atoms with Crippen molar-refractivity contribution in [1.29, 1.82) is 0 Å². The Bertz CT molecular complexity index is 3440. The second-order valence-electron chi connectivity index (χ2n) is 13.9. The highest BCUT2D eigenvalue weighted by atomic mass is 32.1. The molecule has 0 spiro atoms. The zero-order valence-electron chi connectivity index (χ0n) is 29.2. The third-order valence-electron chi connectivity index (χ3n) is 10.7. The van der Waals surface area contributed by atoms with Crippen molar-refractivity contribution in [3.63, 3.8) is 0 Å². The van der Waals surface area contributed by atoms with Crippen LogP contribution in [0.15, 0.2) is 174 Å². The molecule has 4 aromatic heterocycles. The Morgan fingerprint density at radius 3 is 2.04 bits per heavy atom. The van der Waals surface area contributed by atoms with Gasteiger partial charge < -0.3 is 9.32 Å². The SMILES string of the molecule is c1ccc(-c2nc3ccc4sc5c(-c6ccc(N(c7ccc8c(c7)oc7ccccc78)c7ccc8sc9ccccc9c8c7)cc6)cccc5c4c3s2)cc1. The van der Waals surface area contributed by atoms with Crippen LogP contribution in [0.1, 0.15) is 0 Å². The molecule has 0 radical (unpaired) electrons. The molecule has 0 saturated heterocycles. The summed E-state index contributed by atoms with van der Waals surface area (Å²) in [5.41, 5.74) is 9.67. The molecular weight excluding hydrogens is 729 g/mol. The zero-order valence-corrected chi connectivity index (χ0v) is 31.6. The van der Waals surface area contributed by atoms with Crippen molar-refractivity contribution in [3.8, 4) is 21.7 Å². The average molecular weight is 757 g/mol. The van der Waals surface area contributed by atoms with Crippen LogP contribution in [0.4, 0.5) is 17.1 Å². The highest BCUT2D eigenvalue weighted by Gasteiger charge is 2.19. The van der Waals surface area contributed by atoms with Gasteiger partial charge in [-0.25, -0.2) is 4.98 Å². The lowest BCUT2D eigenvalue weighted by molar-refractivity contribution is 0.669. The first-order valence-corrected chi connectivity index (χ1v) is 20.7. The molecular formula is C49H28N2OS3. The summed E-state index contributed by atoms with van der Waals surface area (Å²) in [7, 11) is 0. The van der Waals surface area contributed by atoms with Gasteiger partial charge in [-0.2, -0.15) is 0 Å². The molecule has 4 heterocycles. The Labute approximate surface area is 327 Å². The number of rotatable bonds is 5. The zero-order chi connectivity index (χ0) is 36.0. The van der Waals surface area contributed by atoms with Gasteiger partial charge in [0.1, 0.15) is 16.2 Å². The quantitative estimate of drug-likeness (QED) is 0.175. The van der Waals surface area contributed by atoms with Crippen LogP contribution in [0, 0.1) is 0 Å². The number of thiazole rings is 1. The molecule has 0 N–H and O–H groups in total. The van der Waals surface area contributed by atoms with Crippen LogP contribution in [-0.4, -0.2) is 4.98 Å². The number of benzene rings is 8. The predicted octanol–water partition coefficient (Wildman–Crippen LogP) is 15.7. The van der Waals surface area contributed by atoms with Crippen molar-refractivity contribution in [1.82, 2.24) is 4.98 Å². The summed E-state index contributed by atoms with van der Waals surface area (Å²) in [6.07, 6.45) is 0. The summed E-state index contributed by atoms with van der Waals surface area (Å²) in [4.78, 5) is 7.40. The number of para-hydroxylation sites is 1. The van der Waals surface area contributed by atoms with Gasteiger partial charge in [0.25, 0.3) is 0 Å². The number of fused-ring (bicyclic) bond motifs is 11. The van der Waals surface area contributed by atoms with Gasteiger partial charge in [0, 0.05) is 79.8 Å². The first-order valence-electron chi connectivity index (χ1n) is 18.3. The summed E-state index contributed by atoms with van der Waals surface area (Å²) in [6.45, 7) is 0. The Morgan fingerprint density at radius 1 is 0.418 bits per heavy atom. The molecule has 0 saturated carbocycles. The van der Waals surface area contributed by atoms with E-state index in [1.165, 1.54) is 56.2 Å². The summed E-state index contributed by atoms with van der Waals surface area (Å²) in [5, 5.41) is 8.46. The lowest BCUT2D eigenvalue weighted by Crippen LogP contribution is -2.09. The standard InChI is InChI=1S/C49H28N2OS3/c1-2-9-30(10-3-1)49-50-40-24-26-45-46(48(40)55-49)38-14-8-13-34(47(38)54-45)29-17-19-31(20-18-29)51(32-22-25-44-39(27-32)37-12-5-7-16-43(37)53-44)33-21-23-36-35-11-4-6-15-41(35)52-42(36)28-33/h1-28H. The molecule has 0 aliphatic carbocycles. The maximum atomic E-state index is 6.40. The van der Waals surface area contributed by atoms with Crippen LogP contribution in [0.2, 0.25) is 0 Å². The van der Waals surface area contributed by atoms with Crippen molar-refractivity contribution >= 4 is 124 Å². The largest absolute Gasteiger partial charge is 0.456 e. The maximum Gasteiger partial charge on any atom is 0.137 e. The summed E-state index contributed by atoms with van der Waals surface area (Å²) in [5.74, 6) is 0. The molecule has 8 aromatic carbocycles. The number of hydrogen-bond acceptors (Lipinski definition) is 6. The highest BCUT2D eigenvalue weighted by Crippen LogP contribution is 2.47. The average Bonchev–Trinajstić information content (AvgIpc) is 4.02. The summed E-state index contributed by atoms with van der Waals surface area (Å²) < 4.78 is 12.8. The van der Waals surface area contributed by atoms with Crippen molar-refractivity contribution in [2.75, 3.05) is 4.90 Å². The van der Waals surface area contributed by atoms with E-state index in [0.717, 1.165) is 55.1 Å². The van der Waals surface area contributed by atoms with Crippen LogP contribution in [0.25, 0.3) is 94.2 Å². The minimum atomic E-state index is 0.879. The smallest absolute Gasteiger partial charge is 0.137 e. The topological polar surface area (TPSA) is 29.3 Å². The fourth-order valence-corrected chi connectivity index (χ4v) is 11.7. The second kappa shape index (κ2) is 12.1. The minimum Gasteiger partial charge on any atom is -0.456 e. The maximum absolute atomic E-state index is 6.40. The Morgan fingerprint density at radius 2 is 1.13 bits per heavy atom. The Hall–Kier alpha value is -6.31. The van der Waals surface area contributed by atoms with Gasteiger partial charge >= 0.3 is 0 Å². The fraction of sp³-hybridized carbons (Fsp3) is 0. The van der Waals surface area contributed by atoms with E-state index < -0.39 is 0 Å². The number of furan rings is 1. The van der Waals surface area contributed by atoms with Crippen LogP contribution in [0.3, 0.4) is 0 Å². The molecule has 0 aliphatic heterocycles. The van der Waals surface area contributed by atoms with Gasteiger partial charge in [-0.1, -0.05) is 97.1 Å². The van der Waals surface area contributed by atoms with Gasteiger partial charge in [0.15, 0.2) is 0 Å². The molecule has 0 fully saturated rings. The molecule has 12 rings (SSSR count). The number of nitrogens with zero attached hydrogens (tertiary/aromatic N) is 2. The lowest BCUT2D eigenvalue weighted by atomic mass is 10.0. The summed E-state index contributed by atoms with van der Waals surface area (Å²) in [6, 6.07) is 61.1. The number of anilines is 3. The van der Waals surface area contributed by atoms with E-state index in [-0.39, 0.29) is 0 Å². The number of hydrogen-bond donors (Lipinski definition) is 0. The highest BCUT2D eigenvalue weighted by molar-refractivity contribution is 7.28. The van der Waals surface area contributed by atoms with Crippen LogP contribution >= 0.6 is 34.0 Å². The van der Waals surface area contributed by atoms with E-state index in [1.807, 2.05) is 34.8 Å². The molecule has 12 aromatic rings. The molecule has 0 atom stereocenters. The van der Waals surface area contributed by atoms with Gasteiger partial charge in [0.05, 0.1) is 10.2 Å². The molecule has 0 unspecified atom stereocenters. The minimum absolute atomic E-state index is 0.879. The van der Waals surface area contributed by atoms with E-state index in [0.29, 0.717) is 0 Å². The van der Waals surface area contributed by atoms with Gasteiger partial charge in [0.2, 0.25) is 0 Å². The van der Waals surface area contributed by atoms with Crippen LogP contribution in [-0.2, 0) is 0 Å². The van der Waals surface area contributed by atoms with Gasteiger partial charge in [-0.15, -0.1) is 34.0 Å². The van der Waals surface area contributed by atoms with E-state index in [9.17, 15) is 0 Å². The van der Waals surface area contributed by atoms with E-state index in [2.05, 4.69) is 163 Å².